The van der Waals surface area contributed by atoms with E-state index in [-0.39, 0.29) is 0 Å². The molecule has 0 fully saturated rings. The third-order valence-electron chi connectivity index (χ3n) is 10.4. The second kappa shape index (κ2) is 8.96. The van der Waals surface area contributed by atoms with Crippen LogP contribution in [0.4, 0.5) is 0 Å². The lowest BCUT2D eigenvalue weighted by Gasteiger charge is -2.31. The summed E-state index contributed by atoms with van der Waals surface area (Å²) >= 11 is 0. The summed E-state index contributed by atoms with van der Waals surface area (Å²) in [7, 11) is 0. The Kier molecular flexibility index (Phi) is 4.78. The highest BCUT2D eigenvalue weighted by Crippen LogP contribution is 2.63. The minimum atomic E-state index is -0.394. The van der Waals surface area contributed by atoms with E-state index in [4.69, 9.17) is 9.72 Å². The van der Waals surface area contributed by atoms with E-state index < -0.39 is 5.41 Å². The van der Waals surface area contributed by atoms with Crippen molar-refractivity contribution >= 4 is 11.0 Å². The van der Waals surface area contributed by atoms with Crippen LogP contribution in [0.25, 0.3) is 61.5 Å². The maximum Gasteiger partial charge on any atom is 0.159 e. The Morgan fingerprint density at radius 2 is 1.06 bits per heavy atom. The van der Waals surface area contributed by atoms with Crippen LogP contribution in [0.3, 0.4) is 0 Å². The summed E-state index contributed by atoms with van der Waals surface area (Å²) in [4.78, 5) is 5.10. The first kappa shape index (κ1) is 25.1. The van der Waals surface area contributed by atoms with Gasteiger partial charge in [0, 0.05) is 11.1 Å². The molecule has 11 rings (SSSR count). The van der Waals surface area contributed by atoms with Crippen LogP contribution in [-0.4, -0.2) is 9.55 Å². The van der Waals surface area contributed by atoms with E-state index >= 15 is 0 Å². The van der Waals surface area contributed by atoms with Crippen molar-refractivity contribution in [3.05, 3.63) is 180 Å². The van der Waals surface area contributed by atoms with Gasteiger partial charge in [-0.3, -0.25) is 4.57 Å². The van der Waals surface area contributed by atoms with Gasteiger partial charge in [-0.15, -0.1) is 0 Å². The number of ether oxygens (including phenoxy) is 1. The average Bonchev–Trinajstić information content (AvgIpc) is 3.77. The molecular weight excluding hydrogens is 572 g/mol. The molecule has 0 saturated carbocycles. The van der Waals surface area contributed by atoms with E-state index in [1.165, 1.54) is 44.5 Å². The highest BCUT2D eigenvalue weighted by Gasteiger charge is 2.51. The normalized spacial score (nSPS) is 13.9. The van der Waals surface area contributed by atoms with Crippen LogP contribution < -0.4 is 4.74 Å². The van der Waals surface area contributed by atoms with Crippen molar-refractivity contribution in [2.45, 2.75) is 5.41 Å². The summed E-state index contributed by atoms with van der Waals surface area (Å²) in [5.74, 6) is 2.58. The second-order valence-electron chi connectivity index (χ2n) is 12.7. The predicted molar refractivity (Wildman–Crippen MR) is 188 cm³/mol. The minimum Gasteiger partial charge on any atom is -0.452 e. The molecule has 0 amide bonds. The zero-order valence-electron chi connectivity index (χ0n) is 25.3. The number of hydrogen-bond donors (Lipinski definition) is 0. The van der Waals surface area contributed by atoms with Gasteiger partial charge in [-0.25, -0.2) is 4.98 Å². The third kappa shape index (κ3) is 3.09. The Balaban J connectivity index is 1.18. The highest BCUT2D eigenvalue weighted by molar-refractivity contribution is 5.97. The van der Waals surface area contributed by atoms with E-state index in [1.807, 2.05) is 12.1 Å². The van der Waals surface area contributed by atoms with Gasteiger partial charge >= 0.3 is 0 Å². The largest absolute Gasteiger partial charge is 0.452 e. The van der Waals surface area contributed by atoms with E-state index in [0.29, 0.717) is 0 Å². The number of imidazole rings is 1. The molecule has 2 heterocycles. The van der Waals surface area contributed by atoms with Gasteiger partial charge < -0.3 is 4.74 Å². The highest BCUT2D eigenvalue weighted by atomic mass is 16.5. The Labute approximate surface area is 272 Å². The Morgan fingerprint density at radius 1 is 0.468 bits per heavy atom. The van der Waals surface area contributed by atoms with Gasteiger partial charge in [0.15, 0.2) is 11.5 Å². The summed E-state index contributed by atoms with van der Waals surface area (Å²) in [5.41, 5.74) is 16.4. The third-order valence-corrected chi connectivity index (χ3v) is 10.4. The van der Waals surface area contributed by atoms with E-state index in [9.17, 15) is 0 Å². The standard InChI is InChI=1S/C44H26N2O/c1-2-12-27(13-3-1)43-45-38-21-11-23-40-41(38)46(43)39-22-10-17-29(42(39)47-40)28-24-25-33-32-16-6-9-20-36(32)44(37(33)26-28)34-18-7-4-14-30(34)31-15-5-8-19-35(31)44/h1-26H. The molecule has 1 spiro atoms. The van der Waals surface area contributed by atoms with Gasteiger partial charge in [-0.2, -0.15) is 0 Å². The number of aromatic nitrogens is 2. The Bertz CT molecular complexity index is 2550. The number of nitrogens with zero attached hydrogens (tertiary/aromatic N) is 2. The zero-order chi connectivity index (χ0) is 30.7. The molecule has 0 atom stereocenters. The zero-order valence-corrected chi connectivity index (χ0v) is 25.3. The van der Waals surface area contributed by atoms with Crippen LogP contribution in [0.15, 0.2) is 158 Å². The van der Waals surface area contributed by atoms with Crippen LogP contribution in [-0.2, 0) is 5.41 Å². The first-order valence-electron chi connectivity index (χ1n) is 16.1. The molecule has 3 nitrogen and oxygen atoms in total. The molecule has 0 unspecified atom stereocenters. The lowest BCUT2D eigenvalue weighted by atomic mass is 9.70. The monoisotopic (exact) mass is 598 g/mol. The SMILES string of the molecule is c1ccc(-c2nc3cccc4c3n2-c2cccc(-c3ccc5c(c3)C3(c6ccccc6-c6ccccc63)c3ccccc3-5)c2O4)cc1. The van der Waals surface area contributed by atoms with Gasteiger partial charge in [0.1, 0.15) is 11.3 Å². The number of fused-ring (bicyclic) bond motifs is 12. The lowest BCUT2D eigenvalue weighted by Crippen LogP contribution is -2.25. The van der Waals surface area contributed by atoms with Crippen molar-refractivity contribution in [3.63, 3.8) is 0 Å². The number of para-hydroxylation sites is 2. The number of rotatable bonds is 2. The Morgan fingerprint density at radius 3 is 1.77 bits per heavy atom. The quantitative estimate of drug-likeness (QED) is 0.198. The smallest absolute Gasteiger partial charge is 0.159 e. The number of hydrogen-bond acceptors (Lipinski definition) is 2. The first-order chi connectivity index (χ1) is 23.3. The summed E-state index contributed by atoms with van der Waals surface area (Å²) < 4.78 is 9.11. The van der Waals surface area contributed by atoms with Crippen molar-refractivity contribution in [1.82, 2.24) is 9.55 Å². The fourth-order valence-electron chi connectivity index (χ4n) is 8.60. The van der Waals surface area contributed by atoms with Gasteiger partial charge in [0.05, 0.1) is 16.6 Å². The summed E-state index contributed by atoms with van der Waals surface area (Å²) in [6.07, 6.45) is 0. The van der Waals surface area contributed by atoms with Crippen molar-refractivity contribution in [3.8, 4) is 62.0 Å². The van der Waals surface area contributed by atoms with E-state index in [2.05, 4.69) is 150 Å². The number of benzene rings is 7. The van der Waals surface area contributed by atoms with Crippen LogP contribution >= 0.6 is 0 Å². The van der Waals surface area contributed by atoms with Gasteiger partial charge in [0.2, 0.25) is 0 Å². The molecule has 0 saturated heterocycles. The molecule has 3 aliphatic rings. The maximum absolute atomic E-state index is 6.83. The first-order valence-corrected chi connectivity index (χ1v) is 16.1. The van der Waals surface area contributed by atoms with Gasteiger partial charge in [0.25, 0.3) is 0 Å². The molecule has 47 heavy (non-hydrogen) atoms. The molecule has 0 bridgehead atoms. The molecule has 2 aliphatic carbocycles. The van der Waals surface area contributed by atoms with Gasteiger partial charge in [-0.1, -0.05) is 133 Å². The molecule has 218 valence electrons. The molecule has 1 aliphatic heterocycles. The fraction of sp³-hybridized carbons (Fsp3) is 0.0227. The molecule has 8 aromatic rings. The topological polar surface area (TPSA) is 27.1 Å². The van der Waals surface area contributed by atoms with Crippen LogP contribution in [0, 0.1) is 0 Å². The van der Waals surface area contributed by atoms with Crippen LogP contribution in [0.2, 0.25) is 0 Å². The van der Waals surface area contributed by atoms with Crippen molar-refractivity contribution < 1.29 is 4.74 Å². The fourth-order valence-corrected chi connectivity index (χ4v) is 8.60. The van der Waals surface area contributed by atoms with Crippen molar-refractivity contribution in [1.29, 1.82) is 0 Å². The maximum atomic E-state index is 6.83. The lowest BCUT2D eigenvalue weighted by molar-refractivity contribution is 0.477. The summed E-state index contributed by atoms with van der Waals surface area (Å²) in [6.45, 7) is 0. The Hall–Kier alpha value is -6.19. The van der Waals surface area contributed by atoms with Crippen LogP contribution in [0.1, 0.15) is 22.3 Å². The summed E-state index contributed by atoms with van der Waals surface area (Å²) in [6, 6.07) is 56.9. The molecule has 0 radical (unpaired) electrons. The van der Waals surface area contributed by atoms with Crippen molar-refractivity contribution in [2.24, 2.45) is 0 Å². The second-order valence-corrected chi connectivity index (χ2v) is 12.7. The molecule has 3 heteroatoms. The van der Waals surface area contributed by atoms with Crippen LogP contribution in [0.5, 0.6) is 11.5 Å². The summed E-state index contributed by atoms with van der Waals surface area (Å²) in [5, 5.41) is 0. The predicted octanol–water partition coefficient (Wildman–Crippen LogP) is 10.8. The molecule has 7 aromatic carbocycles. The average molecular weight is 599 g/mol. The minimum absolute atomic E-state index is 0.394. The molecular formula is C44H26N2O. The van der Waals surface area contributed by atoms with E-state index in [1.54, 1.807) is 0 Å². The molecule has 1 aromatic heterocycles. The molecule has 0 N–H and O–H groups in total. The van der Waals surface area contributed by atoms with Crippen molar-refractivity contribution in [2.75, 3.05) is 0 Å². The van der Waals surface area contributed by atoms with E-state index in [0.717, 1.165) is 50.7 Å². The van der Waals surface area contributed by atoms with Gasteiger partial charge in [-0.05, 0) is 74.3 Å².